The Morgan fingerprint density at radius 2 is 2.29 bits per heavy atom. The molecule has 4 heterocycles. The van der Waals surface area contributed by atoms with Gasteiger partial charge < -0.3 is 19.1 Å². The van der Waals surface area contributed by atoms with Crippen LogP contribution in [0.25, 0.3) is 0 Å². The SMILES string of the molecule is O=C([C@@H]1CCCO1)N1CCOCC2(CCC(Cn3cccn3)O2)C1. The number of ether oxygens (including phenoxy) is 3. The Kier molecular flexibility index (Phi) is 4.56. The molecule has 132 valence electrons. The molecule has 2 unspecified atom stereocenters. The molecule has 3 atom stereocenters. The van der Waals surface area contributed by atoms with Gasteiger partial charge in [0.05, 0.1) is 32.4 Å². The van der Waals surface area contributed by atoms with E-state index in [2.05, 4.69) is 5.10 Å². The zero-order chi connectivity index (χ0) is 16.4. The smallest absolute Gasteiger partial charge is 0.251 e. The fourth-order valence-electron chi connectivity index (χ4n) is 3.93. The summed E-state index contributed by atoms with van der Waals surface area (Å²) in [5.74, 6) is 0.0940. The maximum absolute atomic E-state index is 12.7. The van der Waals surface area contributed by atoms with E-state index in [1.807, 2.05) is 21.8 Å². The quantitative estimate of drug-likeness (QED) is 0.819. The fourth-order valence-corrected chi connectivity index (χ4v) is 3.93. The molecular formula is C17H25N3O4. The van der Waals surface area contributed by atoms with E-state index in [0.29, 0.717) is 32.9 Å². The van der Waals surface area contributed by atoms with Crippen molar-refractivity contribution in [2.24, 2.45) is 0 Å². The van der Waals surface area contributed by atoms with Crippen LogP contribution in [0.4, 0.5) is 0 Å². The Morgan fingerprint density at radius 3 is 3.08 bits per heavy atom. The molecule has 7 heteroatoms. The van der Waals surface area contributed by atoms with Gasteiger partial charge in [-0.1, -0.05) is 0 Å². The maximum Gasteiger partial charge on any atom is 0.251 e. The van der Waals surface area contributed by atoms with Gasteiger partial charge >= 0.3 is 0 Å². The van der Waals surface area contributed by atoms with Crippen LogP contribution in [0.2, 0.25) is 0 Å². The van der Waals surface area contributed by atoms with Gasteiger partial charge in [0.15, 0.2) is 0 Å². The average molecular weight is 335 g/mol. The summed E-state index contributed by atoms with van der Waals surface area (Å²) in [6.07, 6.45) is 7.24. The van der Waals surface area contributed by atoms with E-state index in [4.69, 9.17) is 14.2 Å². The van der Waals surface area contributed by atoms with E-state index >= 15 is 0 Å². The van der Waals surface area contributed by atoms with Gasteiger partial charge in [-0.05, 0) is 31.7 Å². The third-order valence-corrected chi connectivity index (χ3v) is 5.15. The number of amides is 1. The minimum Gasteiger partial charge on any atom is -0.377 e. The monoisotopic (exact) mass is 335 g/mol. The van der Waals surface area contributed by atoms with Crippen LogP contribution in [0, 0.1) is 0 Å². The zero-order valence-electron chi connectivity index (χ0n) is 13.9. The number of carbonyl (C=O) groups excluding carboxylic acids is 1. The summed E-state index contributed by atoms with van der Waals surface area (Å²) >= 11 is 0. The van der Waals surface area contributed by atoms with E-state index < -0.39 is 0 Å². The third-order valence-electron chi connectivity index (χ3n) is 5.15. The molecule has 4 rings (SSSR count). The summed E-state index contributed by atoms with van der Waals surface area (Å²) in [5.41, 5.74) is -0.386. The van der Waals surface area contributed by atoms with Gasteiger partial charge in [-0.15, -0.1) is 0 Å². The molecule has 0 radical (unpaired) electrons. The Hall–Kier alpha value is -1.44. The fraction of sp³-hybridized carbons (Fsp3) is 0.765. The summed E-state index contributed by atoms with van der Waals surface area (Å²) < 4.78 is 19.6. The number of carbonyl (C=O) groups is 1. The first kappa shape index (κ1) is 16.1. The highest BCUT2D eigenvalue weighted by Crippen LogP contribution is 2.34. The zero-order valence-corrected chi connectivity index (χ0v) is 13.9. The van der Waals surface area contributed by atoms with Crippen LogP contribution in [-0.4, -0.2) is 71.3 Å². The molecule has 3 saturated heterocycles. The van der Waals surface area contributed by atoms with Crippen LogP contribution in [0.15, 0.2) is 18.5 Å². The molecule has 7 nitrogen and oxygen atoms in total. The van der Waals surface area contributed by atoms with Crippen molar-refractivity contribution in [1.82, 2.24) is 14.7 Å². The molecule has 1 amide bonds. The second-order valence-electron chi connectivity index (χ2n) is 7.00. The lowest BCUT2D eigenvalue weighted by Crippen LogP contribution is -2.49. The van der Waals surface area contributed by atoms with Crippen molar-refractivity contribution in [3.63, 3.8) is 0 Å². The number of aromatic nitrogens is 2. The Labute approximate surface area is 141 Å². The van der Waals surface area contributed by atoms with Gasteiger partial charge in [0.2, 0.25) is 0 Å². The molecular weight excluding hydrogens is 310 g/mol. The Bertz CT molecular complexity index is 558. The number of hydrogen-bond acceptors (Lipinski definition) is 5. The van der Waals surface area contributed by atoms with Crippen LogP contribution in [0.3, 0.4) is 0 Å². The summed E-state index contributed by atoms with van der Waals surface area (Å²) in [7, 11) is 0. The molecule has 3 fully saturated rings. The normalized spacial score (nSPS) is 33.9. The molecule has 0 N–H and O–H groups in total. The van der Waals surface area contributed by atoms with Gasteiger partial charge in [-0.3, -0.25) is 9.48 Å². The lowest BCUT2D eigenvalue weighted by molar-refractivity contribution is -0.145. The van der Waals surface area contributed by atoms with Crippen molar-refractivity contribution in [2.45, 2.75) is 50.0 Å². The van der Waals surface area contributed by atoms with Crippen molar-refractivity contribution in [1.29, 1.82) is 0 Å². The summed E-state index contributed by atoms with van der Waals surface area (Å²) in [6.45, 7) is 3.77. The molecule has 3 aliphatic heterocycles. The van der Waals surface area contributed by atoms with Crippen LogP contribution < -0.4 is 0 Å². The average Bonchev–Trinajstić information content (AvgIpc) is 3.30. The van der Waals surface area contributed by atoms with Crippen LogP contribution >= 0.6 is 0 Å². The Balaban J connectivity index is 1.41. The lowest BCUT2D eigenvalue weighted by atomic mass is 9.99. The highest BCUT2D eigenvalue weighted by Gasteiger charge is 2.45. The largest absolute Gasteiger partial charge is 0.377 e. The minimum atomic E-state index is -0.386. The van der Waals surface area contributed by atoms with Crippen LogP contribution in [0.5, 0.6) is 0 Å². The molecule has 0 saturated carbocycles. The first-order valence-electron chi connectivity index (χ1n) is 8.88. The molecule has 0 aliphatic carbocycles. The standard InChI is InChI=1S/C17H25N3O4/c21-16(15-3-1-9-23-15)19-8-10-22-13-17(12-19)5-4-14(24-17)11-20-7-2-6-18-20/h2,6-7,14-15H,1,3-5,8-13H2/t14?,15-,17?/m0/s1. The van der Waals surface area contributed by atoms with Gasteiger partial charge in [0.25, 0.3) is 5.91 Å². The Morgan fingerprint density at radius 1 is 1.33 bits per heavy atom. The maximum atomic E-state index is 12.7. The number of hydrogen-bond donors (Lipinski definition) is 0. The molecule has 0 bridgehead atoms. The number of nitrogens with zero attached hydrogens (tertiary/aromatic N) is 3. The third kappa shape index (κ3) is 3.34. The van der Waals surface area contributed by atoms with Crippen LogP contribution in [-0.2, 0) is 25.5 Å². The predicted molar refractivity (Wildman–Crippen MR) is 85.4 cm³/mol. The first-order valence-corrected chi connectivity index (χ1v) is 8.88. The van der Waals surface area contributed by atoms with Gasteiger partial charge in [-0.25, -0.2) is 0 Å². The van der Waals surface area contributed by atoms with Crippen LogP contribution in [0.1, 0.15) is 25.7 Å². The molecule has 1 aromatic heterocycles. The molecule has 3 aliphatic rings. The van der Waals surface area contributed by atoms with Gasteiger partial charge in [-0.2, -0.15) is 5.10 Å². The topological polar surface area (TPSA) is 65.8 Å². The van der Waals surface area contributed by atoms with Gasteiger partial charge in [0.1, 0.15) is 11.7 Å². The molecule has 0 aromatic carbocycles. The molecule has 1 aromatic rings. The highest BCUT2D eigenvalue weighted by atomic mass is 16.6. The van der Waals surface area contributed by atoms with Gasteiger partial charge in [0, 0.05) is 25.5 Å². The van der Waals surface area contributed by atoms with E-state index in [0.717, 1.165) is 32.2 Å². The van der Waals surface area contributed by atoms with E-state index in [9.17, 15) is 4.79 Å². The van der Waals surface area contributed by atoms with Crippen molar-refractivity contribution in [2.75, 3.05) is 32.9 Å². The second-order valence-corrected chi connectivity index (χ2v) is 7.00. The first-order chi connectivity index (χ1) is 11.7. The predicted octanol–water partition coefficient (Wildman–Crippen LogP) is 0.839. The minimum absolute atomic E-state index is 0.0940. The summed E-state index contributed by atoms with van der Waals surface area (Å²) in [6, 6.07) is 1.92. The van der Waals surface area contributed by atoms with E-state index in [1.54, 1.807) is 6.20 Å². The molecule has 1 spiro atoms. The van der Waals surface area contributed by atoms with Crippen molar-refractivity contribution in [3.05, 3.63) is 18.5 Å². The second kappa shape index (κ2) is 6.82. The van der Waals surface area contributed by atoms with Crippen molar-refractivity contribution in [3.8, 4) is 0 Å². The summed E-state index contributed by atoms with van der Waals surface area (Å²) in [4.78, 5) is 14.6. The molecule has 24 heavy (non-hydrogen) atoms. The van der Waals surface area contributed by atoms with Crippen molar-refractivity contribution < 1.29 is 19.0 Å². The van der Waals surface area contributed by atoms with E-state index in [1.165, 1.54) is 0 Å². The van der Waals surface area contributed by atoms with Crippen molar-refractivity contribution >= 4 is 5.91 Å². The highest BCUT2D eigenvalue weighted by molar-refractivity contribution is 5.81. The number of rotatable bonds is 3. The summed E-state index contributed by atoms with van der Waals surface area (Å²) in [5, 5.41) is 4.25. The van der Waals surface area contributed by atoms with E-state index in [-0.39, 0.29) is 23.7 Å². The lowest BCUT2D eigenvalue weighted by Gasteiger charge is -2.33.